The molecule has 2 aromatic heterocycles. The van der Waals surface area contributed by atoms with Crippen molar-refractivity contribution in [2.24, 2.45) is 0 Å². The van der Waals surface area contributed by atoms with Crippen LogP contribution in [0.25, 0.3) is 22.0 Å². The quantitative estimate of drug-likeness (QED) is 0.508. The number of hydrogen-bond donors (Lipinski definition) is 2. The molecule has 0 aliphatic rings. The number of anilines is 2. The average molecular weight is 405 g/mol. The van der Waals surface area contributed by atoms with Gasteiger partial charge in [-0.15, -0.1) is 0 Å². The molecule has 0 spiro atoms. The Kier molecular flexibility index (Phi) is 5.09. The van der Waals surface area contributed by atoms with Crippen molar-refractivity contribution in [3.05, 3.63) is 78.9 Å². The fourth-order valence-corrected chi connectivity index (χ4v) is 3.57. The first-order chi connectivity index (χ1) is 14.0. The van der Waals surface area contributed by atoms with E-state index in [1.165, 1.54) is 12.5 Å². The molecule has 4 rings (SSSR count). The van der Waals surface area contributed by atoms with Crippen LogP contribution in [-0.2, 0) is 16.6 Å². The number of fused-ring (bicyclic) bond motifs is 1. The Morgan fingerprint density at radius 3 is 2.55 bits per heavy atom. The second-order valence-corrected chi connectivity index (χ2v) is 8.38. The Morgan fingerprint density at radius 2 is 1.76 bits per heavy atom. The molecule has 29 heavy (non-hydrogen) atoms. The van der Waals surface area contributed by atoms with E-state index in [1.807, 2.05) is 48.5 Å². The molecule has 0 radical (unpaired) electrons. The summed E-state index contributed by atoms with van der Waals surface area (Å²) in [5.41, 5.74) is 4.06. The van der Waals surface area contributed by atoms with Crippen molar-refractivity contribution in [2.45, 2.75) is 6.54 Å². The molecular formula is C21H19N5O2S. The van der Waals surface area contributed by atoms with Gasteiger partial charge in [0.25, 0.3) is 0 Å². The lowest BCUT2D eigenvalue weighted by Crippen LogP contribution is -2.09. The summed E-state index contributed by atoms with van der Waals surface area (Å²) in [5, 5.41) is 4.24. The van der Waals surface area contributed by atoms with E-state index in [0.29, 0.717) is 12.2 Å². The van der Waals surface area contributed by atoms with E-state index in [-0.39, 0.29) is 0 Å². The Labute approximate surface area is 168 Å². The average Bonchev–Trinajstić information content (AvgIpc) is 2.71. The molecule has 0 unspecified atom stereocenters. The van der Waals surface area contributed by atoms with Crippen molar-refractivity contribution in [3.8, 4) is 11.1 Å². The first kappa shape index (κ1) is 18.8. The Bertz CT molecular complexity index is 1260. The van der Waals surface area contributed by atoms with Crippen LogP contribution in [0.4, 0.5) is 11.5 Å². The van der Waals surface area contributed by atoms with Crippen molar-refractivity contribution < 1.29 is 8.42 Å². The molecule has 0 bridgehead atoms. The van der Waals surface area contributed by atoms with Crippen LogP contribution >= 0.6 is 0 Å². The fraction of sp³-hybridized carbons (Fsp3) is 0.0952. The van der Waals surface area contributed by atoms with Gasteiger partial charge < -0.3 is 5.32 Å². The second-order valence-electron chi connectivity index (χ2n) is 6.63. The Morgan fingerprint density at radius 1 is 0.931 bits per heavy atom. The summed E-state index contributed by atoms with van der Waals surface area (Å²) in [4.78, 5) is 12.9. The number of pyridine rings is 1. The zero-order chi connectivity index (χ0) is 20.3. The number of benzene rings is 2. The van der Waals surface area contributed by atoms with Gasteiger partial charge in [-0.1, -0.05) is 36.4 Å². The molecule has 146 valence electrons. The van der Waals surface area contributed by atoms with Gasteiger partial charge in [0.1, 0.15) is 12.1 Å². The van der Waals surface area contributed by atoms with Crippen molar-refractivity contribution in [3.63, 3.8) is 0 Å². The van der Waals surface area contributed by atoms with E-state index in [4.69, 9.17) is 0 Å². The van der Waals surface area contributed by atoms with Gasteiger partial charge in [-0.05, 0) is 29.3 Å². The highest BCUT2D eigenvalue weighted by Crippen LogP contribution is 2.28. The van der Waals surface area contributed by atoms with E-state index in [2.05, 4.69) is 25.0 Å². The second kappa shape index (κ2) is 7.84. The Balaban J connectivity index is 1.67. The molecule has 7 nitrogen and oxygen atoms in total. The molecule has 0 aliphatic carbocycles. The van der Waals surface area contributed by atoms with Crippen molar-refractivity contribution in [1.82, 2.24) is 15.0 Å². The van der Waals surface area contributed by atoms with Crippen LogP contribution in [-0.4, -0.2) is 29.6 Å². The third-order valence-electron chi connectivity index (χ3n) is 4.31. The lowest BCUT2D eigenvalue weighted by Gasteiger charge is -2.10. The SMILES string of the molecule is CS(=O)(=O)Nc1cncc(-c2ccc3ncnc(NCc4ccccc4)c3c2)c1. The monoisotopic (exact) mass is 405 g/mol. The molecule has 0 fully saturated rings. The standard InChI is InChI=1S/C21H19N5O2S/c1-29(27,28)26-18-9-17(12-22-13-18)16-7-8-20-19(10-16)21(25-14-24-20)23-11-15-5-3-2-4-6-15/h2-10,12-14,26H,11H2,1H3,(H,23,24,25). The van der Waals surface area contributed by atoms with Gasteiger partial charge in [0.05, 0.1) is 23.7 Å². The smallest absolute Gasteiger partial charge is 0.229 e. The molecule has 8 heteroatoms. The number of aromatic nitrogens is 3. The molecule has 0 aliphatic heterocycles. The summed E-state index contributed by atoms with van der Waals surface area (Å²) in [7, 11) is -3.37. The molecule has 0 saturated heterocycles. The van der Waals surface area contributed by atoms with Gasteiger partial charge in [0, 0.05) is 23.7 Å². The van der Waals surface area contributed by atoms with Crippen LogP contribution in [0.2, 0.25) is 0 Å². The predicted molar refractivity (Wildman–Crippen MR) is 115 cm³/mol. The number of sulfonamides is 1. The van der Waals surface area contributed by atoms with Crippen molar-refractivity contribution >= 4 is 32.4 Å². The maximum atomic E-state index is 11.5. The van der Waals surface area contributed by atoms with Gasteiger partial charge in [0.2, 0.25) is 10.0 Å². The molecule has 0 atom stereocenters. The van der Waals surface area contributed by atoms with E-state index in [1.54, 1.807) is 12.3 Å². The van der Waals surface area contributed by atoms with E-state index >= 15 is 0 Å². The van der Waals surface area contributed by atoms with Gasteiger partial charge in [-0.3, -0.25) is 9.71 Å². The predicted octanol–water partition coefficient (Wildman–Crippen LogP) is 3.68. The molecule has 2 N–H and O–H groups in total. The minimum absolute atomic E-state index is 0.414. The van der Waals surface area contributed by atoms with E-state index in [0.717, 1.165) is 39.7 Å². The lowest BCUT2D eigenvalue weighted by atomic mass is 10.0. The fourth-order valence-electron chi connectivity index (χ4n) is 3.03. The summed E-state index contributed by atoms with van der Waals surface area (Å²) in [6.45, 7) is 0.645. The summed E-state index contributed by atoms with van der Waals surface area (Å²) in [6.07, 6.45) is 5.81. The summed E-state index contributed by atoms with van der Waals surface area (Å²) in [6, 6.07) is 17.6. The zero-order valence-electron chi connectivity index (χ0n) is 15.7. The van der Waals surface area contributed by atoms with Gasteiger partial charge in [-0.2, -0.15) is 0 Å². The maximum Gasteiger partial charge on any atom is 0.229 e. The summed E-state index contributed by atoms with van der Waals surface area (Å²) in [5.74, 6) is 0.735. The van der Waals surface area contributed by atoms with Crippen LogP contribution in [0, 0.1) is 0 Å². The minimum Gasteiger partial charge on any atom is -0.365 e. The maximum absolute atomic E-state index is 11.5. The Hall–Kier alpha value is -3.52. The van der Waals surface area contributed by atoms with Gasteiger partial charge in [-0.25, -0.2) is 18.4 Å². The highest BCUT2D eigenvalue weighted by atomic mass is 32.2. The molecule has 0 amide bonds. The van der Waals surface area contributed by atoms with Crippen molar-refractivity contribution in [1.29, 1.82) is 0 Å². The highest BCUT2D eigenvalue weighted by Gasteiger charge is 2.08. The number of hydrogen-bond acceptors (Lipinski definition) is 6. The third-order valence-corrected chi connectivity index (χ3v) is 4.92. The van der Waals surface area contributed by atoms with E-state index in [9.17, 15) is 8.42 Å². The zero-order valence-corrected chi connectivity index (χ0v) is 16.5. The summed E-state index contributed by atoms with van der Waals surface area (Å²) >= 11 is 0. The molecule has 2 heterocycles. The molecule has 4 aromatic rings. The van der Waals surface area contributed by atoms with Gasteiger partial charge in [0.15, 0.2) is 0 Å². The van der Waals surface area contributed by atoms with Crippen LogP contribution in [0.3, 0.4) is 0 Å². The van der Waals surface area contributed by atoms with Crippen LogP contribution in [0.1, 0.15) is 5.56 Å². The number of nitrogens with zero attached hydrogens (tertiary/aromatic N) is 3. The molecule has 0 saturated carbocycles. The summed E-state index contributed by atoms with van der Waals surface area (Å²) < 4.78 is 25.4. The first-order valence-corrected chi connectivity index (χ1v) is 10.8. The topological polar surface area (TPSA) is 96.9 Å². The van der Waals surface area contributed by atoms with Crippen LogP contribution < -0.4 is 10.0 Å². The molecular weight excluding hydrogens is 386 g/mol. The van der Waals surface area contributed by atoms with Crippen LogP contribution in [0.5, 0.6) is 0 Å². The largest absolute Gasteiger partial charge is 0.365 e. The number of rotatable bonds is 6. The number of nitrogens with one attached hydrogen (secondary N) is 2. The third kappa shape index (κ3) is 4.67. The normalized spacial score (nSPS) is 11.3. The first-order valence-electron chi connectivity index (χ1n) is 8.94. The lowest BCUT2D eigenvalue weighted by molar-refractivity contribution is 0.607. The molecule has 2 aromatic carbocycles. The van der Waals surface area contributed by atoms with Crippen LogP contribution in [0.15, 0.2) is 73.3 Å². The van der Waals surface area contributed by atoms with E-state index < -0.39 is 10.0 Å². The minimum atomic E-state index is -3.37. The van der Waals surface area contributed by atoms with Gasteiger partial charge >= 0.3 is 0 Å². The van der Waals surface area contributed by atoms with Crippen molar-refractivity contribution in [2.75, 3.05) is 16.3 Å². The highest BCUT2D eigenvalue weighted by molar-refractivity contribution is 7.92.